The lowest BCUT2D eigenvalue weighted by Gasteiger charge is -2.25. The minimum absolute atomic E-state index is 0.222. The lowest BCUT2D eigenvalue weighted by molar-refractivity contribution is -0.143. The number of hydrogen-bond donors (Lipinski definition) is 0. The Balaban J connectivity index is 1.95. The van der Waals surface area contributed by atoms with Gasteiger partial charge in [-0.2, -0.15) is 0 Å². The fourth-order valence-electron chi connectivity index (χ4n) is 3.70. The summed E-state index contributed by atoms with van der Waals surface area (Å²) in [4.78, 5) is 32.9. The Morgan fingerprint density at radius 3 is 2.55 bits per heavy atom. The lowest BCUT2D eigenvalue weighted by atomic mass is 9.96. The summed E-state index contributed by atoms with van der Waals surface area (Å²) >= 11 is 9.22. The molecule has 0 aliphatic carbocycles. The molecule has 0 N–H and O–H groups in total. The van der Waals surface area contributed by atoms with Crippen molar-refractivity contribution in [3.63, 3.8) is 0 Å². The molecule has 1 atom stereocenters. The highest BCUT2D eigenvalue weighted by Crippen LogP contribution is 2.32. The molecule has 0 saturated carbocycles. The predicted octanol–water partition coefficient (Wildman–Crippen LogP) is 4.56. The zero-order valence-corrected chi connectivity index (χ0v) is 21.1. The van der Waals surface area contributed by atoms with Crippen LogP contribution in [0.5, 0.6) is 0 Å². The van der Waals surface area contributed by atoms with Gasteiger partial charge in [0.05, 0.1) is 27.9 Å². The van der Waals surface area contributed by atoms with Crippen molar-refractivity contribution in [3.8, 4) is 0 Å². The number of thiazole rings is 1. The van der Waals surface area contributed by atoms with Gasteiger partial charge in [-0.3, -0.25) is 9.36 Å². The molecular formula is C25H23ClN2O3S2. The van der Waals surface area contributed by atoms with E-state index in [1.165, 1.54) is 11.3 Å². The number of fused-ring (bicyclic) bond motifs is 1. The van der Waals surface area contributed by atoms with Gasteiger partial charge in [0.1, 0.15) is 0 Å². The Morgan fingerprint density at radius 2 is 1.91 bits per heavy atom. The molecule has 0 unspecified atom stereocenters. The number of benzene rings is 2. The largest absolute Gasteiger partial charge is 0.459 e. The molecule has 2 heterocycles. The highest BCUT2D eigenvalue weighted by Gasteiger charge is 2.33. The van der Waals surface area contributed by atoms with Gasteiger partial charge in [-0.05, 0) is 62.4 Å². The van der Waals surface area contributed by atoms with Crippen molar-refractivity contribution in [2.45, 2.75) is 37.8 Å². The molecule has 0 fully saturated rings. The molecule has 3 aromatic rings. The number of halogens is 1. The van der Waals surface area contributed by atoms with Crippen molar-refractivity contribution in [2.24, 2.45) is 4.99 Å². The van der Waals surface area contributed by atoms with Gasteiger partial charge in [-0.15, -0.1) is 11.8 Å². The van der Waals surface area contributed by atoms with Gasteiger partial charge >= 0.3 is 5.97 Å². The summed E-state index contributed by atoms with van der Waals surface area (Å²) in [6.07, 6.45) is 3.48. The molecule has 8 heteroatoms. The summed E-state index contributed by atoms with van der Waals surface area (Å²) < 4.78 is 7.62. The molecular weight excluding hydrogens is 476 g/mol. The molecule has 1 aromatic heterocycles. The zero-order chi connectivity index (χ0) is 23.7. The minimum atomic E-state index is -0.628. The molecule has 1 aliphatic heterocycles. The number of esters is 1. The number of carbonyl (C=O) groups excluding carboxylic acids is 1. The summed E-state index contributed by atoms with van der Waals surface area (Å²) in [6.45, 7) is 5.38. The van der Waals surface area contributed by atoms with Crippen LogP contribution in [0.25, 0.3) is 6.08 Å². The normalized spacial score (nSPS) is 16.1. The second-order valence-electron chi connectivity index (χ2n) is 7.83. The number of thioether (sulfide) groups is 1. The van der Waals surface area contributed by atoms with Crippen molar-refractivity contribution in [1.29, 1.82) is 0 Å². The quantitative estimate of drug-likeness (QED) is 0.382. The molecule has 33 heavy (non-hydrogen) atoms. The number of rotatable bonds is 5. The first-order valence-electron chi connectivity index (χ1n) is 10.4. The summed E-state index contributed by atoms with van der Waals surface area (Å²) in [6, 6.07) is 14.6. The number of carbonyl (C=O) groups is 1. The summed E-state index contributed by atoms with van der Waals surface area (Å²) in [5.74, 6) is -0.467. The van der Waals surface area contributed by atoms with E-state index in [4.69, 9.17) is 16.3 Å². The third kappa shape index (κ3) is 4.71. The molecule has 0 radical (unpaired) electrons. The topological polar surface area (TPSA) is 60.7 Å². The monoisotopic (exact) mass is 498 g/mol. The Bertz CT molecular complexity index is 1420. The minimum Gasteiger partial charge on any atom is -0.459 e. The van der Waals surface area contributed by atoms with Crippen LogP contribution in [0.3, 0.4) is 0 Å². The van der Waals surface area contributed by atoms with Crippen LogP contribution in [0, 0.1) is 0 Å². The van der Waals surface area contributed by atoms with E-state index in [0.29, 0.717) is 25.6 Å². The Labute approximate surface area is 205 Å². The third-order valence-corrected chi connectivity index (χ3v) is 7.28. The van der Waals surface area contributed by atoms with Crippen LogP contribution in [-0.4, -0.2) is 22.9 Å². The van der Waals surface area contributed by atoms with Crippen LogP contribution in [0.4, 0.5) is 0 Å². The van der Waals surface area contributed by atoms with Gasteiger partial charge in [-0.25, -0.2) is 9.79 Å². The Morgan fingerprint density at radius 1 is 1.21 bits per heavy atom. The number of nitrogens with zero attached hydrogens (tertiary/aromatic N) is 2. The Hall–Kier alpha value is -2.61. The maximum absolute atomic E-state index is 13.6. The third-order valence-electron chi connectivity index (χ3n) is 5.21. The van der Waals surface area contributed by atoms with Crippen molar-refractivity contribution in [3.05, 3.63) is 95.6 Å². The van der Waals surface area contributed by atoms with E-state index in [2.05, 4.69) is 4.99 Å². The van der Waals surface area contributed by atoms with E-state index in [-0.39, 0.29) is 11.7 Å². The molecule has 0 bridgehead atoms. The van der Waals surface area contributed by atoms with Crippen molar-refractivity contribution in [2.75, 3.05) is 6.26 Å². The number of ether oxygens (including phenoxy) is 1. The molecule has 1 aliphatic rings. The van der Waals surface area contributed by atoms with Gasteiger partial charge in [-0.1, -0.05) is 53.3 Å². The second kappa shape index (κ2) is 9.71. The van der Waals surface area contributed by atoms with E-state index in [1.54, 1.807) is 49.2 Å². The summed E-state index contributed by atoms with van der Waals surface area (Å²) in [7, 11) is 0. The van der Waals surface area contributed by atoms with Crippen molar-refractivity contribution >= 4 is 46.7 Å². The first-order valence-corrected chi connectivity index (χ1v) is 12.8. The zero-order valence-electron chi connectivity index (χ0n) is 18.7. The maximum Gasteiger partial charge on any atom is 0.338 e. The van der Waals surface area contributed by atoms with Crippen LogP contribution in [0.2, 0.25) is 5.02 Å². The SMILES string of the molecule is CSc1ccc([C@@H]2C(C(=O)OC(C)C)=C(C)N=c3s/c(=C/c4ccccc4Cl)c(=O)n32)cc1. The average Bonchev–Trinajstić information content (AvgIpc) is 3.08. The molecule has 5 nitrogen and oxygen atoms in total. The molecule has 170 valence electrons. The van der Waals surface area contributed by atoms with E-state index in [0.717, 1.165) is 16.0 Å². The van der Waals surface area contributed by atoms with E-state index in [9.17, 15) is 9.59 Å². The van der Waals surface area contributed by atoms with Crippen LogP contribution < -0.4 is 14.9 Å². The van der Waals surface area contributed by atoms with Gasteiger partial charge in [0.25, 0.3) is 5.56 Å². The molecule has 0 spiro atoms. The van der Waals surface area contributed by atoms with E-state index >= 15 is 0 Å². The first-order chi connectivity index (χ1) is 15.8. The molecule has 0 saturated heterocycles. The van der Waals surface area contributed by atoms with Crippen LogP contribution in [-0.2, 0) is 9.53 Å². The maximum atomic E-state index is 13.6. The van der Waals surface area contributed by atoms with Crippen molar-refractivity contribution in [1.82, 2.24) is 4.57 Å². The molecule has 2 aromatic carbocycles. The van der Waals surface area contributed by atoms with Crippen LogP contribution in [0.15, 0.2) is 74.5 Å². The average molecular weight is 499 g/mol. The number of hydrogen-bond acceptors (Lipinski definition) is 6. The van der Waals surface area contributed by atoms with Crippen LogP contribution >= 0.6 is 34.7 Å². The first kappa shape index (κ1) is 23.5. The second-order valence-corrected chi connectivity index (χ2v) is 10.1. The number of aromatic nitrogens is 1. The standard InChI is InChI=1S/C25H23ClN2O3S2/c1-14(2)31-24(30)21-15(3)27-25-28(22(21)16-9-11-18(32-4)12-10-16)23(29)20(33-25)13-17-7-5-6-8-19(17)26/h5-14,22H,1-4H3/b20-13+/t22-/m1/s1. The predicted molar refractivity (Wildman–Crippen MR) is 135 cm³/mol. The smallest absolute Gasteiger partial charge is 0.338 e. The highest BCUT2D eigenvalue weighted by molar-refractivity contribution is 7.98. The lowest BCUT2D eigenvalue weighted by Crippen LogP contribution is -2.40. The van der Waals surface area contributed by atoms with Crippen LogP contribution in [0.1, 0.15) is 37.9 Å². The Kier molecular flexibility index (Phi) is 6.93. The van der Waals surface area contributed by atoms with Gasteiger partial charge < -0.3 is 4.74 Å². The fourth-order valence-corrected chi connectivity index (χ4v) is 5.33. The van der Waals surface area contributed by atoms with Gasteiger partial charge in [0.15, 0.2) is 4.80 Å². The summed E-state index contributed by atoms with van der Waals surface area (Å²) in [5, 5.41) is 0.560. The highest BCUT2D eigenvalue weighted by atomic mass is 35.5. The van der Waals surface area contributed by atoms with Crippen molar-refractivity contribution < 1.29 is 9.53 Å². The van der Waals surface area contributed by atoms with E-state index in [1.807, 2.05) is 48.7 Å². The molecule has 0 amide bonds. The number of allylic oxidation sites excluding steroid dienone is 1. The van der Waals surface area contributed by atoms with Gasteiger partial charge in [0.2, 0.25) is 0 Å². The molecule has 4 rings (SSSR count). The van der Waals surface area contributed by atoms with Gasteiger partial charge in [0, 0.05) is 9.92 Å². The fraction of sp³-hybridized carbons (Fsp3) is 0.240. The van der Waals surface area contributed by atoms with E-state index < -0.39 is 12.0 Å². The summed E-state index contributed by atoms with van der Waals surface area (Å²) in [5.41, 5.74) is 2.27.